The molecule has 0 spiro atoms. The largest absolute Gasteiger partial charge is 0.400 e. The van der Waals surface area contributed by atoms with Crippen LogP contribution in [0.15, 0.2) is 78.2 Å². The fraction of sp³-hybridized carbons (Fsp3) is 0.412. The molecule has 1 heterocycles. The van der Waals surface area contributed by atoms with Crippen molar-refractivity contribution in [3.8, 4) is 0 Å². The van der Waals surface area contributed by atoms with E-state index in [0.29, 0.717) is 11.4 Å². The molecule has 1 aliphatic heterocycles. The molecule has 0 saturated carbocycles. The third-order valence-electron chi connectivity index (χ3n) is 7.73. The monoisotopic (exact) mass is 571 g/mol. The van der Waals surface area contributed by atoms with Gasteiger partial charge in [-0.2, -0.15) is 0 Å². The van der Waals surface area contributed by atoms with Crippen LogP contribution in [-0.2, 0) is 19.7 Å². The molecule has 0 radical (unpaired) electrons. The SMILES string of the molecule is CN(CCN1CCOCC1)C(C(=O)Nc1ccc(C(C)(C)C)cc1)c1ccc(/C=C/C(=O)NC2=C(N)CCC=C2)cc1. The van der Waals surface area contributed by atoms with E-state index in [1.54, 1.807) is 6.08 Å². The summed E-state index contributed by atoms with van der Waals surface area (Å²) in [5.74, 6) is -0.321. The number of nitrogens with two attached hydrogens (primary N) is 1. The third kappa shape index (κ3) is 8.89. The zero-order valence-corrected chi connectivity index (χ0v) is 25.4. The predicted octanol–water partition coefficient (Wildman–Crippen LogP) is 4.58. The Balaban J connectivity index is 1.46. The molecular formula is C34H45N5O3. The van der Waals surface area contributed by atoms with Crippen LogP contribution in [-0.4, -0.2) is 68.1 Å². The number of nitrogens with zero attached hydrogens (tertiary/aromatic N) is 2. The molecule has 0 aromatic heterocycles. The molecule has 1 fully saturated rings. The number of anilines is 1. The van der Waals surface area contributed by atoms with Crippen LogP contribution < -0.4 is 16.4 Å². The standard InChI is InChI=1S/C34H45N5O3/c1-34(2,3)27-14-16-28(17-15-27)36-33(41)32(38(4)19-20-39-21-23-42-24-22-39)26-12-9-25(10-13-26)11-18-31(40)37-30-8-6-5-7-29(30)35/h6,8-18,32H,5,7,19-24,35H2,1-4H3,(H,36,41)(H,37,40)/b18-11+. The van der Waals surface area contributed by atoms with Gasteiger partial charge in [0.2, 0.25) is 11.8 Å². The number of carbonyl (C=O) groups excluding carboxylic acids is 2. The fourth-order valence-corrected chi connectivity index (χ4v) is 5.06. The van der Waals surface area contributed by atoms with E-state index in [-0.39, 0.29) is 17.2 Å². The minimum atomic E-state index is -0.484. The third-order valence-corrected chi connectivity index (χ3v) is 7.73. The van der Waals surface area contributed by atoms with E-state index in [0.717, 1.165) is 69.0 Å². The van der Waals surface area contributed by atoms with Crippen LogP contribution in [0.25, 0.3) is 6.08 Å². The molecule has 1 unspecified atom stereocenters. The van der Waals surface area contributed by atoms with Gasteiger partial charge in [-0.25, -0.2) is 0 Å². The summed E-state index contributed by atoms with van der Waals surface area (Å²) in [6.07, 6.45) is 8.74. The number of allylic oxidation sites excluding steroid dienone is 3. The van der Waals surface area contributed by atoms with E-state index in [4.69, 9.17) is 10.5 Å². The van der Waals surface area contributed by atoms with E-state index in [1.807, 2.05) is 55.6 Å². The van der Waals surface area contributed by atoms with Gasteiger partial charge in [0.1, 0.15) is 6.04 Å². The van der Waals surface area contributed by atoms with Gasteiger partial charge >= 0.3 is 0 Å². The quantitative estimate of drug-likeness (QED) is 0.361. The number of hydrogen-bond donors (Lipinski definition) is 3. The highest BCUT2D eigenvalue weighted by Gasteiger charge is 2.26. The Labute approximate surface area is 250 Å². The molecule has 1 aliphatic carbocycles. The molecule has 8 heteroatoms. The lowest BCUT2D eigenvalue weighted by Gasteiger charge is -2.32. The van der Waals surface area contributed by atoms with Crippen LogP contribution in [0.5, 0.6) is 0 Å². The maximum atomic E-state index is 13.7. The Hall–Kier alpha value is -3.72. The van der Waals surface area contributed by atoms with Gasteiger partial charge in [0.05, 0.1) is 18.9 Å². The van der Waals surface area contributed by atoms with Crippen molar-refractivity contribution >= 4 is 23.6 Å². The highest BCUT2D eigenvalue weighted by molar-refractivity contribution is 5.96. The minimum absolute atomic E-state index is 0.0409. The second kappa shape index (κ2) is 14.4. The van der Waals surface area contributed by atoms with Crippen molar-refractivity contribution in [1.82, 2.24) is 15.1 Å². The molecule has 2 aliphatic rings. The normalized spacial score (nSPS) is 17.1. The van der Waals surface area contributed by atoms with Crippen molar-refractivity contribution in [1.29, 1.82) is 0 Å². The molecule has 4 rings (SSSR count). The van der Waals surface area contributed by atoms with Gasteiger partial charge in [-0.1, -0.05) is 63.2 Å². The lowest BCUT2D eigenvalue weighted by molar-refractivity contribution is -0.121. The molecule has 42 heavy (non-hydrogen) atoms. The van der Waals surface area contributed by atoms with Crippen LogP contribution in [0.3, 0.4) is 0 Å². The minimum Gasteiger partial charge on any atom is -0.400 e. The van der Waals surface area contributed by atoms with Crippen LogP contribution >= 0.6 is 0 Å². The van der Waals surface area contributed by atoms with Crippen molar-refractivity contribution in [3.05, 3.63) is 94.8 Å². The second-order valence-corrected chi connectivity index (χ2v) is 12.0. The second-order valence-electron chi connectivity index (χ2n) is 12.0. The molecule has 0 bridgehead atoms. The number of amides is 2. The van der Waals surface area contributed by atoms with E-state index in [1.165, 1.54) is 11.6 Å². The number of nitrogens with one attached hydrogen (secondary N) is 2. The Morgan fingerprint density at radius 2 is 1.74 bits per heavy atom. The Kier molecular flexibility index (Phi) is 10.7. The van der Waals surface area contributed by atoms with Gasteiger partial charge in [-0.3, -0.25) is 19.4 Å². The molecule has 224 valence electrons. The summed E-state index contributed by atoms with van der Waals surface area (Å²) in [6, 6.07) is 15.4. The number of benzene rings is 2. The molecular weight excluding hydrogens is 526 g/mol. The number of hydrogen-bond acceptors (Lipinski definition) is 6. The first-order valence-corrected chi connectivity index (χ1v) is 14.8. The summed E-state index contributed by atoms with van der Waals surface area (Å²) in [5.41, 5.74) is 11.1. The van der Waals surface area contributed by atoms with Gasteiger partial charge in [-0.15, -0.1) is 0 Å². The summed E-state index contributed by atoms with van der Waals surface area (Å²) >= 11 is 0. The van der Waals surface area contributed by atoms with E-state index in [2.05, 4.69) is 53.3 Å². The zero-order valence-electron chi connectivity index (χ0n) is 25.4. The Morgan fingerprint density at radius 3 is 2.38 bits per heavy atom. The molecule has 1 saturated heterocycles. The van der Waals surface area contributed by atoms with E-state index < -0.39 is 6.04 Å². The Morgan fingerprint density at radius 1 is 1.05 bits per heavy atom. The first-order chi connectivity index (χ1) is 20.1. The average Bonchev–Trinajstić information content (AvgIpc) is 2.97. The molecule has 1 atom stereocenters. The molecule has 2 aromatic rings. The maximum Gasteiger partial charge on any atom is 0.248 e. The fourth-order valence-electron chi connectivity index (χ4n) is 5.06. The van der Waals surface area contributed by atoms with Gasteiger partial charge in [0, 0.05) is 43.6 Å². The zero-order chi connectivity index (χ0) is 30.1. The van der Waals surface area contributed by atoms with Crippen molar-refractivity contribution in [3.63, 3.8) is 0 Å². The van der Waals surface area contributed by atoms with Crippen LogP contribution in [0.2, 0.25) is 0 Å². The maximum absolute atomic E-state index is 13.7. The first kappa shape index (κ1) is 31.2. The summed E-state index contributed by atoms with van der Waals surface area (Å²) in [6.45, 7) is 11.4. The number of rotatable bonds is 10. The van der Waals surface area contributed by atoms with E-state index in [9.17, 15) is 9.59 Å². The van der Waals surface area contributed by atoms with Crippen LogP contribution in [0.1, 0.15) is 56.3 Å². The smallest absolute Gasteiger partial charge is 0.248 e. The van der Waals surface area contributed by atoms with Gasteiger partial charge < -0.3 is 21.1 Å². The average molecular weight is 572 g/mol. The molecule has 8 nitrogen and oxygen atoms in total. The lowest BCUT2D eigenvalue weighted by atomic mass is 9.87. The summed E-state index contributed by atoms with van der Waals surface area (Å²) in [7, 11) is 1.99. The molecule has 2 amide bonds. The topological polar surface area (TPSA) is 99.9 Å². The van der Waals surface area contributed by atoms with Crippen molar-refractivity contribution in [2.45, 2.75) is 45.1 Å². The van der Waals surface area contributed by atoms with Gasteiger partial charge in [0.15, 0.2) is 0 Å². The Bertz CT molecular complexity index is 1300. The summed E-state index contributed by atoms with van der Waals surface area (Å²) in [4.78, 5) is 30.6. The predicted molar refractivity (Wildman–Crippen MR) is 170 cm³/mol. The van der Waals surface area contributed by atoms with Crippen LogP contribution in [0.4, 0.5) is 5.69 Å². The number of morpholine rings is 1. The highest BCUT2D eigenvalue weighted by Crippen LogP contribution is 2.26. The van der Waals surface area contributed by atoms with Crippen molar-refractivity contribution in [2.75, 3.05) is 51.8 Å². The number of carbonyl (C=O) groups is 2. The summed E-state index contributed by atoms with van der Waals surface area (Å²) < 4.78 is 5.48. The summed E-state index contributed by atoms with van der Waals surface area (Å²) in [5, 5.41) is 5.98. The van der Waals surface area contributed by atoms with Crippen molar-refractivity contribution < 1.29 is 14.3 Å². The van der Waals surface area contributed by atoms with E-state index >= 15 is 0 Å². The van der Waals surface area contributed by atoms with Gasteiger partial charge in [-0.05, 0) is 66.3 Å². The van der Waals surface area contributed by atoms with Crippen molar-refractivity contribution in [2.24, 2.45) is 5.73 Å². The number of ether oxygens (including phenoxy) is 1. The molecule has 2 aromatic carbocycles. The molecule has 4 N–H and O–H groups in total. The number of likely N-dealkylation sites (N-methyl/N-ethyl adjacent to an activating group) is 1. The highest BCUT2D eigenvalue weighted by atomic mass is 16.5. The first-order valence-electron chi connectivity index (χ1n) is 14.8. The van der Waals surface area contributed by atoms with Gasteiger partial charge in [0.25, 0.3) is 0 Å². The van der Waals surface area contributed by atoms with Crippen LogP contribution in [0, 0.1) is 0 Å². The lowest BCUT2D eigenvalue weighted by Crippen LogP contribution is -2.43.